The SMILES string of the molecule is COc1ccc(CCNC(=O)c2sc(COc3ccc(Cl)c(C)c3)nc2C)cc1OC. The van der Waals surface area contributed by atoms with Crippen LogP contribution in [0, 0.1) is 13.8 Å². The van der Waals surface area contributed by atoms with Gasteiger partial charge in [0, 0.05) is 11.6 Å². The van der Waals surface area contributed by atoms with E-state index >= 15 is 0 Å². The van der Waals surface area contributed by atoms with E-state index in [9.17, 15) is 4.79 Å². The van der Waals surface area contributed by atoms with Gasteiger partial charge in [-0.15, -0.1) is 11.3 Å². The van der Waals surface area contributed by atoms with Crippen LogP contribution >= 0.6 is 22.9 Å². The van der Waals surface area contributed by atoms with Gasteiger partial charge in [-0.3, -0.25) is 4.79 Å². The molecule has 8 heteroatoms. The highest BCUT2D eigenvalue weighted by Gasteiger charge is 2.15. The molecule has 164 valence electrons. The molecule has 0 bridgehead atoms. The molecule has 0 saturated carbocycles. The first kappa shape index (κ1) is 22.9. The fraction of sp³-hybridized carbons (Fsp3) is 0.304. The molecule has 0 aliphatic rings. The van der Waals surface area contributed by atoms with Gasteiger partial charge >= 0.3 is 0 Å². The molecule has 1 N–H and O–H groups in total. The highest BCUT2D eigenvalue weighted by Crippen LogP contribution is 2.28. The summed E-state index contributed by atoms with van der Waals surface area (Å²) in [6.07, 6.45) is 0.676. The number of hydrogen-bond donors (Lipinski definition) is 1. The zero-order valence-corrected chi connectivity index (χ0v) is 19.5. The fourth-order valence-corrected chi connectivity index (χ4v) is 4.03. The highest BCUT2D eigenvalue weighted by atomic mass is 35.5. The standard InChI is InChI=1S/C23H25ClN2O4S/c1-14-11-17(6-7-18(14)24)30-13-21-26-15(2)22(31-21)23(27)25-10-9-16-5-8-19(28-3)20(12-16)29-4/h5-8,11-12H,9-10,13H2,1-4H3,(H,25,27). The lowest BCUT2D eigenvalue weighted by molar-refractivity contribution is 0.0957. The third-order valence-electron chi connectivity index (χ3n) is 4.69. The van der Waals surface area contributed by atoms with Gasteiger partial charge in [0.05, 0.1) is 19.9 Å². The van der Waals surface area contributed by atoms with Gasteiger partial charge in [-0.1, -0.05) is 17.7 Å². The monoisotopic (exact) mass is 460 g/mol. The van der Waals surface area contributed by atoms with Crippen molar-refractivity contribution in [2.75, 3.05) is 20.8 Å². The summed E-state index contributed by atoms with van der Waals surface area (Å²) in [6, 6.07) is 11.2. The van der Waals surface area contributed by atoms with Gasteiger partial charge in [0.1, 0.15) is 22.2 Å². The molecule has 6 nitrogen and oxygen atoms in total. The first-order chi connectivity index (χ1) is 14.9. The maximum absolute atomic E-state index is 12.6. The summed E-state index contributed by atoms with van der Waals surface area (Å²) in [5, 5.41) is 4.40. The summed E-state index contributed by atoms with van der Waals surface area (Å²) in [5.41, 5.74) is 2.69. The maximum atomic E-state index is 12.6. The Morgan fingerprint density at radius 1 is 1.10 bits per heavy atom. The Labute approximate surface area is 191 Å². The van der Waals surface area contributed by atoms with Crippen LogP contribution in [0.5, 0.6) is 17.2 Å². The number of amides is 1. The van der Waals surface area contributed by atoms with Crippen LogP contribution in [0.1, 0.15) is 31.5 Å². The molecular weight excluding hydrogens is 436 g/mol. The number of carbonyl (C=O) groups excluding carboxylic acids is 1. The predicted molar refractivity (Wildman–Crippen MR) is 123 cm³/mol. The van der Waals surface area contributed by atoms with Crippen LogP contribution in [-0.4, -0.2) is 31.7 Å². The van der Waals surface area contributed by atoms with E-state index in [1.807, 2.05) is 44.2 Å². The molecule has 0 spiro atoms. The Hall–Kier alpha value is -2.77. The molecule has 1 heterocycles. The number of thiazole rings is 1. The number of aryl methyl sites for hydroxylation is 2. The van der Waals surface area contributed by atoms with Gasteiger partial charge in [-0.2, -0.15) is 0 Å². The number of halogens is 1. The van der Waals surface area contributed by atoms with Crippen molar-refractivity contribution in [3.8, 4) is 17.2 Å². The molecule has 2 aromatic carbocycles. The lowest BCUT2D eigenvalue weighted by Gasteiger charge is -2.10. The fourth-order valence-electron chi connectivity index (χ4n) is 3.01. The Morgan fingerprint density at radius 2 is 1.87 bits per heavy atom. The second-order valence-electron chi connectivity index (χ2n) is 6.92. The van der Waals surface area contributed by atoms with Gasteiger partial charge < -0.3 is 19.5 Å². The van der Waals surface area contributed by atoms with Crippen molar-refractivity contribution >= 4 is 28.8 Å². The minimum absolute atomic E-state index is 0.135. The van der Waals surface area contributed by atoms with E-state index in [0.29, 0.717) is 46.7 Å². The zero-order chi connectivity index (χ0) is 22.4. The molecule has 0 fully saturated rings. The molecule has 0 aliphatic heterocycles. The van der Waals surface area contributed by atoms with E-state index in [4.69, 9.17) is 25.8 Å². The third kappa shape index (κ3) is 5.89. The number of nitrogens with one attached hydrogen (secondary N) is 1. The van der Waals surface area contributed by atoms with E-state index in [0.717, 1.165) is 21.9 Å². The number of benzene rings is 2. The lowest BCUT2D eigenvalue weighted by atomic mass is 10.1. The number of methoxy groups -OCH3 is 2. The largest absolute Gasteiger partial charge is 0.493 e. The van der Waals surface area contributed by atoms with Crippen LogP contribution in [0.4, 0.5) is 0 Å². The molecule has 1 aromatic heterocycles. The second kappa shape index (κ2) is 10.5. The van der Waals surface area contributed by atoms with E-state index < -0.39 is 0 Å². The van der Waals surface area contributed by atoms with Gasteiger partial charge in [-0.25, -0.2) is 4.98 Å². The van der Waals surface area contributed by atoms with E-state index in [2.05, 4.69) is 10.3 Å². The summed E-state index contributed by atoms with van der Waals surface area (Å²) >= 11 is 7.38. The van der Waals surface area contributed by atoms with Crippen molar-refractivity contribution in [1.82, 2.24) is 10.3 Å². The molecule has 0 radical (unpaired) electrons. The first-order valence-electron chi connectivity index (χ1n) is 9.75. The average molecular weight is 461 g/mol. The lowest BCUT2D eigenvalue weighted by Crippen LogP contribution is -2.25. The Balaban J connectivity index is 1.55. The molecule has 1 amide bonds. The Morgan fingerprint density at radius 3 is 2.58 bits per heavy atom. The van der Waals surface area contributed by atoms with Gasteiger partial charge in [0.2, 0.25) is 0 Å². The molecule has 0 saturated heterocycles. The first-order valence-corrected chi connectivity index (χ1v) is 10.9. The summed E-state index contributed by atoms with van der Waals surface area (Å²) < 4.78 is 16.4. The van der Waals surface area contributed by atoms with Crippen LogP contribution in [0.2, 0.25) is 5.02 Å². The molecule has 0 aliphatic carbocycles. The molecule has 31 heavy (non-hydrogen) atoms. The van der Waals surface area contributed by atoms with Crippen LogP contribution in [-0.2, 0) is 13.0 Å². The number of aromatic nitrogens is 1. The van der Waals surface area contributed by atoms with E-state index in [1.54, 1.807) is 20.3 Å². The molecule has 3 aromatic rings. The smallest absolute Gasteiger partial charge is 0.263 e. The van der Waals surface area contributed by atoms with E-state index in [1.165, 1.54) is 11.3 Å². The quantitative estimate of drug-likeness (QED) is 0.487. The number of hydrogen-bond acceptors (Lipinski definition) is 6. The van der Waals surface area contributed by atoms with Crippen molar-refractivity contribution in [3.63, 3.8) is 0 Å². The van der Waals surface area contributed by atoms with Crippen LogP contribution < -0.4 is 19.5 Å². The normalized spacial score (nSPS) is 10.6. The number of carbonyl (C=O) groups is 1. The van der Waals surface area contributed by atoms with Gasteiger partial charge in [-0.05, 0) is 61.7 Å². The van der Waals surface area contributed by atoms with Crippen LogP contribution in [0.3, 0.4) is 0 Å². The minimum atomic E-state index is -0.135. The Bertz CT molecular complexity index is 1070. The average Bonchev–Trinajstić information content (AvgIpc) is 3.15. The van der Waals surface area contributed by atoms with Gasteiger partial charge in [0.25, 0.3) is 5.91 Å². The molecule has 3 rings (SSSR count). The van der Waals surface area contributed by atoms with Crippen molar-refractivity contribution in [1.29, 1.82) is 0 Å². The summed E-state index contributed by atoms with van der Waals surface area (Å²) in [4.78, 5) is 17.7. The summed E-state index contributed by atoms with van der Waals surface area (Å²) in [5.74, 6) is 1.93. The van der Waals surface area contributed by atoms with Crippen molar-refractivity contribution in [2.45, 2.75) is 26.9 Å². The third-order valence-corrected chi connectivity index (χ3v) is 6.24. The maximum Gasteiger partial charge on any atom is 0.263 e. The van der Waals surface area contributed by atoms with Crippen molar-refractivity contribution < 1.29 is 19.0 Å². The highest BCUT2D eigenvalue weighted by molar-refractivity contribution is 7.13. The van der Waals surface area contributed by atoms with Crippen LogP contribution in [0.25, 0.3) is 0 Å². The Kier molecular flexibility index (Phi) is 7.76. The molecule has 0 atom stereocenters. The number of ether oxygens (including phenoxy) is 3. The number of nitrogens with zero attached hydrogens (tertiary/aromatic N) is 1. The minimum Gasteiger partial charge on any atom is -0.493 e. The number of rotatable bonds is 9. The van der Waals surface area contributed by atoms with Crippen molar-refractivity contribution in [2.24, 2.45) is 0 Å². The molecule has 0 unspecified atom stereocenters. The summed E-state index contributed by atoms with van der Waals surface area (Å²) in [7, 11) is 3.20. The zero-order valence-electron chi connectivity index (χ0n) is 18.0. The second-order valence-corrected chi connectivity index (χ2v) is 8.41. The summed E-state index contributed by atoms with van der Waals surface area (Å²) in [6.45, 7) is 4.55. The topological polar surface area (TPSA) is 69.7 Å². The predicted octanol–water partition coefficient (Wildman–Crippen LogP) is 4.98. The van der Waals surface area contributed by atoms with E-state index in [-0.39, 0.29) is 5.91 Å². The van der Waals surface area contributed by atoms with Gasteiger partial charge in [0.15, 0.2) is 11.5 Å². The van der Waals surface area contributed by atoms with Crippen LogP contribution in [0.15, 0.2) is 36.4 Å². The molecular formula is C23H25ClN2O4S. The van der Waals surface area contributed by atoms with Crippen molar-refractivity contribution in [3.05, 3.63) is 68.1 Å².